The van der Waals surface area contributed by atoms with Crippen LogP contribution in [0.3, 0.4) is 0 Å². The summed E-state index contributed by atoms with van der Waals surface area (Å²) in [6.45, 7) is -0.204. The average molecular weight is 290 g/mol. The largest absolute Gasteiger partial charge is 0.478 e. The number of rotatable bonds is 5. The lowest BCUT2D eigenvalue weighted by Crippen LogP contribution is -2.02. The van der Waals surface area contributed by atoms with Gasteiger partial charge in [0.15, 0.2) is 0 Å². The van der Waals surface area contributed by atoms with Crippen LogP contribution in [0.5, 0.6) is 11.6 Å². The number of hydrogen-bond donors (Lipinski definition) is 2. The molecule has 8 heteroatoms. The van der Waals surface area contributed by atoms with Gasteiger partial charge >= 0.3 is 11.7 Å². The fraction of sp³-hybridized carbons (Fsp3) is 0.0769. The van der Waals surface area contributed by atoms with Crippen LogP contribution in [0.1, 0.15) is 15.9 Å². The number of benzene rings is 1. The number of carboxylic acids is 1. The lowest BCUT2D eigenvalue weighted by atomic mass is 10.2. The molecule has 2 rings (SSSR count). The molecular weight excluding hydrogens is 280 g/mol. The van der Waals surface area contributed by atoms with E-state index in [1.54, 1.807) is 12.1 Å². The Bertz CT molecular complexity index is 701. The predicted molar refractivity (Wildman–Crippen MR) is 70.3 cm³/mol. The second-order valence-corrected chi connectivity index (χ2v) is 4.02. The molecule has 0 radical (unpaired) electrons. The number of pyridine rings is 1. The van der Waals surface area contributed by atoms with Crippen molar-refractivity contribution in [1.29, 1.82) is 0 Å². The van der Waals surface area contributed by atoms with Crippen LogP contribution in [-0.2, 0) is 6.61 Å². The maximum absolute atomic E-state index is 11.0. The Morgan fingerprint density at radius 2 is 2.14 bits per heavy atom. The first-order valence-electron chi connectivity index (χ1n) is 5.76. The van der Waals surface area contributed by atoms with Gasteiger partial charge in [0.25, 0.3) is 5.88 Å². The van der Waals surface area contributed by atoms with Crippen LogP contribution in [0.15, 0.2) is 36.5 Å². The Morgan fingerprint density at radius 3 is 2.76 bits per heavy atom. The lowest BCUT2D eigenvalue weighted by molar-refractivity contribution is -0.386. The molecular formula is C13H10N2O6. The molecule has 2 aromatic rings. The molecule has 1 heterocycles. The fourth-order valence-electron chi connectivity index (χ4n) is 1.59. The standard InChI is InChI=1S/C13H10N2O6/c16-7-8-2-1-3-10(4-8)21-12-11(15(19)20)5-9(6-14-12)13(17)18/h1-6,16H,7H2,(H,17,18). The van der Waals surface area contributed by atoms with Gasteiger partial charge in [-0.2, -0.15) is 0 Å². The van der Waals surface area contributed by atoms with E-state index in [4.69, 9.17) is 14.9 Å². The summed E-state index contributed by atoms with van der Waals surface area (Å²) in [5, 5.41) is 28.8. The molecule has 108 valence electrons. The normalized spacial score (nSPS) is 10.1. The Kier molecular flexibility index (Phi) is 4.10. The van der Waals surface area contributed by atoms with Crippen molar-refractivity contribution in [3.8, 4) is 11.6 Å². The van der Waals surface area contributed by atoms with Crippen LogP contribution in [0, 0.1) is 10.1 Å². The van der Waals surface area contributed by atoms with Gasteiger partial charge in [-0.25, -0.2) is 9.78 Å². The molecule has 2 N–H and O–H groups in total. The van der Waals surface area contributed by atoms with Crippen LogP contribution in [0.4, 0.5) is 5.69 Å². The maximum atomic E-state index is 11.0. The van der Waals surface area contributed by atoms with E-state index >= 15 is 0 Å². The van der Waals surface area contributed by atoms with Crippen molar-refractivity contribution in [2.75, 3.05) is 0 Å². The molecule has 21 heavy (non-hydrogen) atoms. The summed E-state index contributed by atoms with van der Waals surface area (Å²) in [5.41, 5.74) is -0.292. The first-order valence-corrected chi connectivity index (χ1v) is 5.76. The summed E-state index contributed by atoms with van der Waals surface area (Å²) in [4.78, 5) is 24.7. The van der Waals surface area contributed by atoms with E-state index in [1.165, 1.54) is 12.1 Å². The summed E-state index contributed by atoms with van der Waals surface area (Å²) < 4.78 is 5.29. The van der Waals surface area contributed by atoms with Crippen molar-refractivity contribution in [3.63, 3.8) is 0 Å². The molecule has 8 nitrogen and oxygen atoms in total. The van der Waals surface area contributed by atoms with Crippen molar-refractivity contribution < 1.29 is 24.7 Å². The minimum Gasteiger partial charge on any atom is -0.478 e. The summed E-state index contributed by atoms with van der Waals surface area (Å²) in [7, 11) is 0. The van der Waals surface area contributed by atoms with E-state index in [0.29, 0.717) is 5.56 Å². The Morgan fingerprint density at radius 1 is 1.38 bits per heavy atom. The number of aromatic carboxylic acids is 1. The zero-order chi connectivity index (χ0) is 15.4. The number of carbonyl (C=O) groups is 1. The molecule has 0 bridgehead atoms. The molecule has 0 atom stereocenters. The molecule has 0 saturated heterocycles. The Balaban J connectivity index is 2.38. The van der Waals surface area contributed by atoms with Gasteiger partial charge in [0.1, 0.15) is 5.75 Å². The van der Waals surface area contributed by atoms with Crippen LogP contribution in [0.2, 0.25) is 0 Å². The summed E-state index contributed by atoms with van der Waals surface area (Å²) >= 11 is 0. The topological polar surface area (TPSA) is 123 Å². The minimum atomic E-state index is -1.32. The van der Waals surface area contributed by atoms with E-state index in [-0.39, 0.29) is 23.8 Å². The highest BCUT2D eigenvalue weighted by molar-refractivity contribution is 5.88. The number of aromatic nitrogens is 1. The van der Waals surface area contributed by atoms with Gasteiger partial charge in [-0.1, -0.05) is 12.1 Å². The number of aliphatic hydroxyl groups excluding tert-OH is 1. The van der Waals surface area contributed by atoms with Crippen molar-refractivity contribution in [1.82, 2.24) is 4.98 Å². The maximum Gasteiger partial charge on any atom is 0.337 e. The van der Waals surface area contributed by atoms with Gasteiger partial charge < -0.3 is 14.9 Å². The first kappa shape index (κ1) is 14.4. The molecule has 0 aliphatic heterocycles. The van der Waals surface area contributed by atoms with E-state index < -0.39 is 16.6 Å². The van der Waals surface area contributed by atoms with Crippen molar-refractivity contribution in [2.45, 2.75) is 6.61 Å². The van der Waals surface area contributed by atoms with Gasteiger partial charge in [-0.15, -0.1) is 0 Å². The van der Waals surface area contributed by atoms with Gasteiger partial charge in [-0.3, -0.25) is 10.1 Å². The zero-order valence-electron chi connectivity index (χ0n) is 10.6. The summed E-state index contributed by atoms with van der Waals surface area (Å²) in [6.07, 6.45) is 0.973. The molecule has 1 aromatic carbocycles. The molecule has 0 aliphatic carbocycles. The third-order valence-electron chi connectivity index (χ3n) is 2.57. The van der Waals surface area contributed by atoms with Crippen molar-refractivity contribution >= 4 is 11.7 Å². The zero-order valence-corrected chi connectivity index (χ0v) is 10.6. The molecule has 0 spiro atoms. The highest BCUT2D eigenvalue weighted by Crippen LogP contribution is 2.30. The molecule has 0 fully saturated rings. The fourth-order valence-corrected chi connectivity index (χ4v) is 1.59. The number of nitro groups is 1. The number of ether oxygens (including phenoxy) is 1. The number of hydrogen-bond acceptors (Lipinski definition) is 6. The highest BCUT2D eigenvalue weighted by Gasteiger charge is 2.21. The average Bonchev–Trinajstić information content (AvgIpc) is 2.47. The number of nitrogens with zero attached hydrogens (tertiary/aromatic N) is 2. The quantitative estimate of drug-likeness (QED) is 0.637. The van der Waals surface area contributed by atoms with Crippen LogP contribution >= 0.6 is 0 Å². The van der Waals surface area contributed by atoms with Gasteiger partial charge in [0.05, 0.1) is 17.1 Å². The van der Waals surface area contributed by atoms with Gasteiger partial charge in [0, 0.05) is 12.3 Å². The third kappa shape index (κ3) is 3.31. The second kappa shape index (κ2) is 5.97. The van der Waals surface area contributed by atoms with Crippen LogP contribution in [-0.4, -0.2) is 26.1 Å². The van der Waals surface area contributed by atoms with Crippen LogP contribution < -0.4 is 4.74 Å². The highest BCUT2D eigenvalue weighted by atomic mass is 16.6. The molecule has 1 aromatic heterocycles. The monoisotopic (exact) mass is 290 g/mol. The number of aliphatic hydroxyl groups is 1. The van der Waals surface area contributed by atoms with Crippen molar-refractivity contribution in [3.05, 3.63) is 57.8 Å². The Hall–Kier alpha value is -3.00. The molecule has 0 aliphatic rings. The van der Waals surface area contributed by atoms with E-state index in [9.17, 15) is 14.9 Å². The summed E-state index contributed by atoms with van der Waals surface area (Å²) in [5.74, 6) is -1.39. The molecule has 0 saturated carbocycles. The lowest BCUT2D eigenvalue weighted by Gasteiger charge is -2.06. The van der Waals surface area contributed by atoms with Gasteiger partial charge in [-0.05, 0) is 17.7 Å². The molecule has 0 unspecified atom stereocenters. The van der Waals surface area contributed by atoms with E-state index in [2.05, 4.69) is 4.98 Å². The van der Waals surface area contributed by atoms with Crippen LogP contribution in [0.25, 0.3) is 0 Å². The summed E-state index contributed by atoms with van der Waals surface area (Å²) in [6, 6.07) is 7.17. The predicted octanol–water partition coefficient (Wildman–Crippen LogP) is 1.97. The smallest absolute Gasteiger partial charge is 0.337 e. The van der Waals surface area contributed by atoms with Crippen molar-refractivity contribution in [2.24, 2.45) is 0 Å². The third-order valence-corrected chi connectivity index (χ3v) is 2.57. The molecule has 0 amide bonds. The van der Waals surface area contributed by atoms with E-state index in [0.717, 1.165) is 12.3 Å². The number of carboxylic acid groups (broad SMARTS) is 1. The first-order chi connectivity index (χ1) is 10.0. The SMILES string of the molecule is O=C(O)c1cnc(Oc2cccc(CO)c2)c([N+](=O)[O-])c1. The Labute approximate surface area is 118 Å². The van der Waals surface area contributed by atoms with Gasteiger partial charge in [0.2, 0.25) is 0 Å². The minimum absolute atomic E-state index is 0.204. The van der Waals surface area contributed by atoms with E-state index in [1.807, 2.05) is 0 Å². The second-order valence-electron chi connectivity index (χ2n) is 4.02.